The molecular formula is C19H22ClFN4O. The predicted octanol–water partition coefficient (Wildman–Crippen LogP) is 4.09. The highest BCUT2D eigenvalue weighted by atomic mass is 35.5. The number of benzene rings is 2. The van der Waals surface area contributed by atoms with Gasteiger partial charge in [-0.2, -0.15) is 0 Å². The van der Waals surface area contributed by atoms with E-state index in [1.165, 1.54) is 13.2 Å². The Kier molecular flexibility index (Phi) is 5.83. The second-order valence-electron chi connectivity index (χ2n) is 6.23. The van der Waals surface area contributed by atoms with E-state index in [0.717, 1.165) is 31.6 Å². The van der Waals surface area contributed by atoms with Crippen LogP contribution in [0.3, 0.4) is 0 Å². The first-order valence-electron chi connectivity index (χ1n) is 8.51. The smallest absolute Gasteiger partial charge is 0.193 e. The number of methoxy groups -OCH3 is 1. The van der Waals surface area contributed by atoms with Crippen LogP contribution in [0.2, 0.25) is 5.02 Å². The molecule has 0 saturated carbocycles. The van der Waals surface area contributed by atoms with Crippen molar-refractivity contribution in [3.63, 3.8) is 0 Å². The molecular weight excluding hydrogens is 355 g/mol. The number of hydrogen-bond donors (Lipinski definition) is 3. The van der Waals surface area contributed by atoms with E-state index in [4.69, 9.17) is 21.7 Å². The van der Waals surface area contributed by atoms with Crippen LogP contribution in [0.25, 0.3) is 0 Å². The maximum Gasteiger partial charge on any atom is 0.193 e. The largest absolute Gasteiger partial charge is 0.497 e. The average molecular weight is 377 g/mol. The van der Waals surface area contributed by atoms with Crippen LogP contribution in [0.1, 0.15) is 12.8 Å². The van der Waals surface area contributed by atoms with E-state index in [1.54, 1.807) is 24.3 Å². The molecule has 0 bridgehead atoms. The molecule has 2 aromatic carbocycles. The van der Waals surface area contributed by atoms with Crippen molar-refractivity contribution in [2.45, 2.75) is 18.9 Å². The number of piperidine rings is 1. The van der Waals surface area contributed by atoms with Gasteiger partial charge in [0.15, 0.2) is 5.96 Å². The number of anilines is 2. The predicted molar refractivity (Wildman–Crippen MR) is 104 cm³/mol. The van der Waals surface area contributed by atoms with Gasteiger partial charge in [-0.05, 0) is 49.2 Å². The normalized spacial score (nSPS) is 14.8. The summed E-state index contributed by atoms with van der Waals surface area (Å²) in [7, 11) is 1.53. The summed E-state index contributed by atoms with van der Waals surface area (Å²) in [6, 6.07) is 12.3. The zero-order valence-electron chi connectivity index (χ0n) is 14.6. The van der Waals surface area contributed by atoms with Crippen LogP contribution in [0.15, 0.2) is 42.5 Å². The fourth-order valence-electron chi connectivity index (χ4n) is 3.05. The topological polar surface area (TPSA) is 60.4 Å². The number of hydrogen-bond acceptors (Lipinski definition) is 3. The summed E-state index contributed by atoms with van der Waals surface area (Å²) < 4.78 is 19.3. The lowest BCUT2D eigenvalue weighted by Gasteiger charge is -2.34. The minimum atomic E-state index is -0.270. The summed E-state index contributed by atoms with van der Waals surface area (Å²) in [6.45, 7) is 1.46. The Bertz CT molecular complexity index is 761. The van der Waals surface area contributed by atoms with E-state index in [1.807, 2.05) is 17.0 Å². The van der Waals surface area contributed by atoms with Crippen LogP contribution in [0, 0.1) is 11.2 Å². The third-order valence-electron chi connectivity index (χ3n) is 4.45. The molecule has 138 valence electrons. The van der Waals surface area contributed by atoms with Crippen LogP contribution in [0.5, 0.6) is 5.75 Å². The van der Waals surface area contributed by atoms with Crippen molar-refractivity contribution < 1.29 is 9.13 Å². The third kappa shape index (κ3) is 4.58. The molecule has 2 aromatic rings. The summed E-state index contributed by atoms with van der Waals surface area (Å²) in [5.74, 6) is 0.499. The lowest BCUT2D eigenvalue weighted by atomic mass is 10.0. The lowest BCUT2D eigenvalue weighted by molar-refractivity contribution is 0.410. The Hall–Kier alpha value is -2.47. The van der Waals surface area contributed by atoms with E-state index in [0.29, 0.717) is 16.5 Å². The van der Waals surface area contributed by atoms with E-state index in [2.05, 4.69) is 10.6 Å². The minimum Gasteiger partial charge on any atom is -0.497 e. The zero-order valence-corrected chi connectivity index (χ0v) is 15.3. The van der Waals surface area contributed by atoms with Gasteiger partial charge < -0.3 is 20.3 Å². The number of nitrogens with one attached hydrogen (secondary N) is 3. The zero-order chi connectivity index (χ0) is 18.5. The van der Waals surface area contributed by atoms with Crippen LogP contribution < -0.4 is 20.3 Å². The van der Waals surface area contributed by atoms with Gasteiger partial charge in [0.05, 0.1) is 12.8 Å². The third-order valence-corrected chi connectivity index (χ3v) is 4.70. The average Bonchev–Trinajstić information content (AvgIpc) is 2.64. The van der Waals surface area contributed by atoms with Crippen LogP contribution in [-0.4, -0.2) is 32.2 Å². The molecule has 1 heterocycles. The maximum absolute atomic E-state index is 14.2. The van der Waals surface area contributed by atoms with Crippen molar-refractivity contribution >= 4 is 28.9 Å². The Morgan fingerprint density at radius 3 is 2.50 bits per heavy atom. The van der Waals surface area contributed by atoms with Gasteiger partial charge in [0.1, 0.15) is 11.6 Å². The highest BCUT2D eigenvalue weighted by Gasteiger charge is 2.22. The van der Waals surface area contributed by atoms with Crippen molar-refractivity contribution in [3.8, 4) is 5.75 Å². The molecule has 0 atom stereocenters. The molecule has 0 amide bonds. The molecule has 0 aliphatic carbocycles. The minimum absolute atomic E-state index is 0.180. The van der Waals surface area contributed by atoms with Crippen molar-refractivity contribution in [2.24, 2.45) is 0 Å². The van der Waals surface area contributed by atoms with Crippen molar-refractivity contribution in [3.05, 3.63) is 53.3 Å². The first-order valence-corrected chi connectivity index (χ1v) is 8.89. The summed E-state index contributed by atoms with van der Waals surface area (Å²) in [4.78, 5) is 2.03. The van der Waals surface area contributed by atoms with Crippen molar-refractivity contribution in [1.82, 2.24) is 5.32 Å². The summed E-state index contributed by atoms with van der Waals surface area (Å²) in [5.41, 5.74) is 1.41. The molecule has 26 heavy (non-hydrogen) atoms. The number of halogens is 2. The molecule has 5 nitrogen and oxygen atoms in total. The lowest BCUT2D eigenvalue weighted by Crippen LogP contribution is -2.46. The molecule has 1 fully saturated rings. The Balaban J connectivity index is 1.50. The highest BCUT2D eigenvalue weighted by Crippen LogP contribution is 2.26. The van der Waals surface area contributed by atoms with Crippen LogP contribution in [0.4, 0.5) is 15.8 Å². The summed E-state index contributed by atoms with van der Waals surface area (Å²) in [6.07, 6.45) is 1.66. The molecule has 0 unspecified atom stereocenters. The van der Waals surface area contributed by atoms with E-state index in [9.17, 15) is 4.39 Å². The fourth-order valence-corrected chi connectivity index (χ4v) is 3.18. The van der Waals surface area contributed by atoms with Gasteiger partial charge in [0.25, 0.3) is 0 Å². The van der Waals surface area contributed by atoms with E-state index in [-0.39, 0.29) is 17.8 Å². The quantitative estimate of drug-likeness (QED) is 0.555. The summed E-state index contributed by atoms with van der Waals surface area (Å²) in [5, 5.41) is 14.9. The Morgan fingerprint density at radius 2 is 1.88 bits per heavy atom. The standard InChI is InChI=1S/C19H22ClFN4O/c1-26-16-6-7-18(17(21)12-16)25-10-8-15(9-11-25)24-19(22)23-14-4-2-13(20)3-5-14/h2-7,12,15H,8-11H2,1H3,(H3,22,23,24). The van der Waals surface area contributed by atoms with Crippen molar-refractivity contribution in [2.75, 3.05) is 30.4 Å². The van der Waals surface area contributed by atoms with E-state index < -0.39 is 0 Å². The van der Waals surface area contributed by atoms with Crippen LogP contribution in [-0.2, 0) is 0 Å². The Morgan fingerprint density at radius 1 is 1.19 bits per heavy atom. The van der Waals surface area contributed by atoms with Crippen LogP contribution >= 0.6 is 11.6 Å². The monoisotopic (exact) mass is 376 g/mol. The highest BCUT2D eigenvalue weighted by molar-refractivity contribution is 6.30. The summed E-state index contributed by atoms with van der Waals surface area (Å²) >= 11 is 5.86. The first-order chi connectivity index (χ1) is 12.5. The molecule has 1 aliphatic heterocycles. The number of rotatable bonds is 4. The second kappa shape index (κ2) is 8.27. The molecule has 7 heteroatoms. The number of ether oxygens (including phenoxy) is 1. The number of guanidine groups is 1. The maximum atomic E-state index is 14.2. The molecule has 3 N–H and O–H groups in total. The van der Waals surface area contributed by atoms with Crippen molar-refractivity contribution in [1.29, 1.82) is 5.41 Å². The first kappa shape index (κ1) is 18.3. The fraction of sp³-hybridized carbons (Fsp3) is 0.316. The van der Waals surface area contributed by atoms with Gasteiger partial charge in [-0.25, -0.2) is 4.39 Å². The molecule has 3 rings (SSSR count). The molecule has 0 aromatic heterocycles. The van der Waals surface area contributed by atoms with Gasteiger partial charge in [-0.15, -0.1) is 0 Å². The van der Waals surface area contributed by atoms with Gasteiger partial charge in [-0.3, -0.25) is 5.41 Å². The SMILES string of the molecule is COc1ccc(N2CCC(NC(=N)Nc3ccc(Cl)cc3)CC2)c(F)c1. The molecule has 1 saturated heterocycles. The molecule has 1 aliphatic rings. The van der Waals surface area contributed by atoms with Gasteiger partial charge in [0, 0.05) is 35.9 Å². The van der Waals surface area contributed by atoms with Gasteiger partial charge in [-0.1, -0.05) is 11.6 Å². The van der Waals surface area contributed by atoms with Gasteiger partial charge >= 0.3 is 0 Å². The molecule has 0 spiro atoms. The molecule has 0 radical (unpaired) electrons. The number of nitrogens with zero attached hydrogens (tertiary/aromatic N) is 1. The Labute approximate surface area is 157 Å². The van der Waals surface area contributed by atoms with Gasteiger partial charge in [0.2, 0.25) is 0 Å². The van der Waals surface area contributed by atoms with E-state index >= 15 is 0 Å². The second-order valence-corrected chi connectivity index (χ2v) is 6.67.